The standard InChI is InChI=1S/C20H13Cl2F3N2O/c21-15-8-4-9-16(22)18(15)27-19(28)14-7-1-2-10-17(14)26-13-6-3-5-12(11-13)20(23,24)25/h1-11,26H,(H,27,28). The van der Waals surface area contributed by atoms with E-state index in [0.29, 0.717) is 5.69 Å². The number of hydrogen-bond donors (Lipinski definition) is 2. The summed E-state index contributed by atoms with van der Waals surface area (Å²) in [5.41, 5.74) is 0.219. The van der Waals surface area contributed by atoms with Crippen LogP contribution in [0.2, 0.25) is 10.0 Å². The van der Waals surface area contributed by atoms with Crippen molar-refractivity contribution in [2.45, 2.75) is 6.18 Å². The highest BCUT2D eigenvalue weighted by molar-refractivity contribution is 6.40. The van der Waals surface area contributed by atoms with Gasteiger partial charge < -0.3 is 10.6 Å². The van der Waals surface area contributed by atoms with Gasteiger partial charge in [0.05, 0.1) is 32.5 Å². The Morgan fingerprint density at radius 2 is 1.50 bits per heavy atom. The van der Waals surface area contributed by atoms with Crippen LogP contribution in [0.15, 0.2) is 66.7 Å². The lowest BCUT2D eigenvalue weighted by molar-refractivity contribution is -0.137. The summed E-state index contributed by atoms with van der Waals surface area (Å²) < 4.78 is 38.7. The van der Waals surface area contributed by atoms with Crippen molar-refractivity contribution in [2.75, 3.05) is 10.6 Å². The predicted octanol–water partition coefficient (Wildman–Crippen LogP) is 7.01. The first-order valence-corrected chi connectivity index (χ1v) is 8.80. The second-order valence-electron chi connectivity index (χ2n) is 5.80. The molecule has 0 bridgehead atoms. The minimum Gasteiger partial charge on any atom is -0.355 e. The summed E-state index contributed by atoms with van der Waals surface area (Å²) in [6.07, 6.45) is -4.46. The van der Waals surface area contributed by atoms with Crippen LogP contribution in [0.3, 0.4) is 0 Å². The second kappa shape index (κ2) is 8.12. The van der Waals surface area contributed by atoms with Gasteiger partial charge in [-0.25, -0.2) is 0 Å². The zero-order valence-electron chi connectivity index (χ0n) is 14.1. The number of alkyl halides is 3. The number of nitrogens with one attached hydrogen (secondary N) is 2. The normalized spacial score (nSPS) is 11.2. The average molecular weight is 425 g/mol. The predicted molar refractivity (Wildman–Crippen MR) is 106 cm³/mol. The Kier molecular flexibility index (Phi) is 5.82. The van der Waals surface area contributed by atoms with E-state index >= 15 is 0 Å². The highest BCUT2D eigenvalue weighted by atomic mass is 35.5. The van der Waals surface area contributed by atoms with E-state index < -0.39 is 17.6 Å². The van der Waals surface area contributed by atoms with Crippen LogP contribution in [-0.2, 0) is 6.18 Å². The van der Waals surface area contributed by atoms with Gasteiger partial charge in [-0.2, -0.15) is 13.2 Å². The van der Waals surface area contributed by atoms with Crippen molar-refractivity contribution in [3.63, 3.8) is 0 Å². The Morgan fingerprint density at radius 1 is 0.857 bits per heavy atom. The molecule has 0 aliphatic rings. The molecule has 0 atom stereocenters. The molecule has 8 heteroatoms. The molecule has 3 rings (SSSR count). The summed E-state index contributed by atoms with van der Waals surface area (Å²) in [7, 11) is 0. The first kappa shape index (κ1) is 20.0. The molecule has 0 saturated heterocycles. The molecule has 3 aromatic carbocycles. The lowest BCUT2D eigenvalue weighted by Gasteiger charge is -2.15. The summed E-state index contributed by atoms with van der Waals surface area (Å²) in [6.45, 7) is 0. The minimum absolute atomic E-state index is 0.200. The van der Waals surface area contributed by atoms with Crippen molar-refractivity contribution in [1.29, 1.82) is 0 Å². The molecule has 0 aromatic heterocycles. The number of benzene rings is 3. The van der Waals surface area contributed by atoms with Gasteiger partial charge in [-0.1, -0.05) is 47.5 Å². The molecule has 3 aromatic rings. The molecule has 0 spiro atoms. The van der Waals surface area contributed by atoms with Gasteiger partial charge in [-0.15, -0.1) is 0 Å². The van der Waals surface area contributed by atoms with Crippen molar-refractivity contribution >= 4 is 46.2 Å². The van der Waals surface area contributed by atoms with Crippen molar-refractivity contribution in [2.24, 2.45) is 0 Å². The summed E-state index contributed by atoms with van der Waals surface area (Å²) in [4.78, 5) is 12.7. The topological polar surface area (TPSA) is 41.1 Å². The third-order valence-electron chi connectivity index (χ3n) is 3.84. The Balaban J connectivity index is 1.89. The second-order valence-corrected chi connectivity index (χ2v) is 6.61. The van der Waals surface area contributed by atoms with Gasteiger partial charge in [0, 0.05) is 5.69 Å². The highest BCUT2D eigenvalue weighted by Crippen LogP contribution is 2.33. The van der Waals surface area contributed by atoms with Crippen molar-refractivity contribution in [3.8, 4) is 0 Å². The number of amides is 1. The number of carbonyl (C=O) groups excluding carboxylic acids is 1. The zero-order valence-corrected chi connectivity index (χ0v) is 15.7. The lowest BCUT2D eigenvalue weighted by atomic mass is 10.1. The Bertz CT molecular complexity index is 1000. The van der Waals surface area contributed by atoms with Crippen molar-refractivity contribution in [3.05, 3.63) is 87.9 Å². The quantitative estimate of drug-likeness (QED) is 0.472. The van der Waals surface area contributed by atoms with Gasteiger partial charge >= 0.3 is 6.18 Å². The molecule has 1 amide bonds. The van der Waals surface area contributed by atoms with Gasteiger partial charge in [0.15, 0.2) is 0 Å². The molecule has 0 fully saturated rings. The van der Waals surface area contributed by atoms with E-state index in [1.807, 2.05) is 0 Å². The van der Waals surface area contributed by atoms with E-state index in [4.69, 9.17) is 23.2 Å². The first-order chi connectivity index (χ1) is 13.3. The maximum Gasteiger partial charge on any atom is 0.416 e. The summed E-state index contributed by atoms with van der Waals surface area (Å²) in [5.74, 6) is -0.509. The Hall–Kier alpha value is -2.70. The molecule has 0 saturated carbocycles. The molecule has 0 unspecified atom stereocenters. The maximum absolute atomic E-state index is 12.9. The number of rotatable bonds is 4. The molecule has 2 N–H and O–H groups in total. The summed E-state index contributed by atoms with van der Waals surface area (Å²) >= 11 is 12.1. The lowest BCUT2D eigenvalue weighted by Crippen LogP contribution is -2.14. The van der Waals surface area contributed by atoms with Gasteiger partial charge in [-0.3, -0.25) is 4.79 Å². The Morgan fingerprint density at radius 3 is 2.18 bits per heavy atom. The highest BCUT2D eigenvalue weighted by Gasteiger charge is 2.30. The van der Waals surface area contributed by atoms with Crippen LogP contribution < -0.4 is 10.6 Å². The summed E-state index contributed by atoms with van der Waals surface area (Å²) in [6, 6.07) is 15.9. The van der Waals surface area contributed by atoms with Gasteiger partial charge in [0.2, 0.25) is 0 Å². The van der Waals surface area contributed by atoms with Crippen molar-refractivity contribution in [1.82, 2.24) is 0 Å². The van der Waals surface area contributed by atoms with Crippen molar-refractivity contribution < 1.29 is 18.0 Å². The molecular weight excluding hydrogens is 412 g/mol. The van der Waals surface area contributed by atoms with Crippen LogP contribution in [-0.4, -0.2) is 5.91 Å². The molecule has 28 heavy (non-hydrogen) atoms. The number of hydrogen-bond acceptors (Lipinski definition) is 2. The SMILES string of the molecule is O=C(Nc1c(Cl)cccc1Cl)c1ccccc1Nc1cccc(C(F)(F)F)c1. The van der Waals surface area contributed by atoms with E-state index in [1.165, 1.54) is 18.2 Å². The fourth-order valence-electron chi connectivity index (χ4n) is 2.52. The zero-order chi connectivity index (χ0) is 20.3. The molecular formula is C20H13Cl2F3N2O. The largest absolute Gasteiger partial charge is 0.416 e. The van der Waals surface area contributed by atoms with E-state index in [2.05, 4.69) is 10.6 Å². The number of carbonyl (C=O) groups is 1. The number of halogens is 5. The monoisotopic (exact) mass is 424 g/mol. The fraction of sp³-hybridized carbons (Fsp3) is 0.0500. The minimum atomic E-state index is -4.46. The smallest absolute Gasteiger partial charge is 0.355 e. The number of para-hydroxylation sites is 2. The maximum atomic E-state index is 12.9. The van der Waals surface area contributed by atoms with E-state index in [1.54, 1.807) is 36.4 Å². The first-order valence-electron chi connectivity index (χ1n) is 8.04. The van der Waals surface area contributed by atoms with Crippen LogP contribution in [0.1, 0.15) is 15.9 Å². The molecule has 0 radical (unpaired) electrons. The van der Waals surface area contributed by atoms with Crippen LogP contribution in [0.4, 0.5) is 30.2 Å². The van der Waals surface area contributed by atoms with E-state index in [-0.39, 0.29) is 27.0 Å². The van der Waals surface area contributed by atoms with E-state index in [0.717, 1.165) is 12.1 Å². The average Bonchev–Trinajstić information content (AvgIpc) is 2.65. The van der Waals surface area contributed by atoms with Gasteiger partial charge in [0.25, 0.3) is 5.91 Å². The molecule has 144 valence electrons. The molecule has 0 heterocycles. The van der Waals surface area contributed by atoms with Crippen LogP contribution >= 0.6 is 23.2 Å². The molecule has 0 aliphatic heterocycles. The number of anilines is 3. The fourth-order valence-corrected chi connectivity index (χ4v) is 3.01. The third kappa shape index (κ3) is 4.58. The van der Waals surface area contributed by atoms with Crippen LogP contribution in [0.5, 0.6) is 0 Å². The van der Waals surface area contributed by atoms with Gasteiger partial charge in [-0.05, 0) is 42.5 Å². The summed E-state index contributed by atoms with van der Waals surface area (Å²) in [5, 5.41) is 6.02. The Labute approximate surface area is 169 Å². The molecule has 3 nitrogen and oxygen atoms in total. The van der Waals surface area contributed by atoms with Gasteiger partial charge in [0.1, 0.15) is 0 Å². The van der Waals surface area contributed by atoms with Crippen LogP contribution in [0.25, 0.3) is 0 Å². The van der Waals surface area contributed by atoms with E-state index in [9.17, 15) is 18.0 Å². The molecule has 0 aliphatic carbocycles. The third-order valence-corrected chi connectivity index (χ3v) is 4.47. The van der Waals surface area contributed by atoms with Crippen LogP contribution in [0, 0.1) is 0 Å².